The Morgan fingerprint density at radius 2 is 0.726 bits per heavy atom. The molecule has 0 aliphatic carbocycles. The van der Waals surface area contributed by atoms with Crippen LogP contribution >= 0.6 is 0 Å². The minimum absolute atomic E-state index is 0.633. The quantitative estimate of drug-likeness (QED) is 0.162. The van der Waals surface area contributed by atoms with Gasteiger partial charge in [-0.25, -0.2) is 15.0 Å². The van der Waals surface area contributed by atoms with Crippen molar-refractivity contribution in [3.8, 4) is 67.8 Å². The Labute approximate surface area is 358 Å². The van der Waals surface area contributed by atoms with Crippen LogP contribution < -0.4 is 0 Å². The molecule has 5 heteroatoms. The summed E-state index contributed by atoms with van der Waals surface area (Å²) < 4.78 is 4.80. The van der Waals surface area contributed by atoms with Crippen LogP contribution in [0.1, 0.15) is 0 Å². The van der Waals surface area contributed by atoms with E-state index in [1.54, 1.807) is 0 Å². The monoisotopic (exact) mass is 791 g/mol. The molecule has 0 amide bonds. The minimum Gasteiger partial charge on any atom is -0.309 e. The van der Waals surface area contributed by atoms with E-state index in [4.69, 9.17) is 15.0 Å². The fraction of sp³-hybridized carbons (Fsp3) is 0. The van der Waals surface area contributed by atoms with Crippen molar-refractivity contribution in [2.75, 3.05) is 0 Å². The second-order valence-electron chi connectivity index (χ2n) is 15.6. The molecule has 0 unspecified atom stereocenters. The molecule has 290 valence electrons. The lowest BCUT2D eigenvalue weighted by Gasteiger charge is -2.13. The van der Waals surface area contributed by atoms with Crippen molar-refractivity contribution in [2.45, 2.75) is 0 Å². The summed E-state index contributed by atoms with van der Waals surface area (Å²) in [5.74, 6) is 1.92. The predicted molar refractivity (Wildman–Crippen MR) is 256 cm³/mol. The summed E-state index contributed by atoms with van der Waals surface area (Å²) in [6.45, 7) is 0. The Kier molecular flexibility index (Phi) is 8.42. The Morgan fingerprint density at radius 3 is 1.45 bits per heavy atom. The number of hydrogen-bond acceptors (Lipinski definition) is 3. The van der Waals surface area contributed by atoms with E-state index in [-0.39, 0.29) is 0 Å². The first-order chi connectivity index (χ1) is 30.7. The lowest BCUT2D eigenvalue weighted by molar-refractivity contribution is 1.07. The molecule has 0 spiro atoms. The normalized spacial score (nSPS) is 11.5. The first-order valence-electron chi connectivity index (χ1n) is 20.9. The fourth-order valence-electron chi connectivity index (χ4n) is 9.13. The fourth-order valence-corrected chi connectivity index (χ4v) is 9.13. The van der Waals surface area contributed by atoms with Crippen molar-refractivity contribution in [3.63, 3.8) is 0 Å². The molecule has 62 heavy (non-hydrogen) atoms. The first kappa shape index (κ1) is 35.5. The molecular formula is C57H37N5. The molecule has 0 bridgehead atoms. The van der Waals surface area contributed by atoms with Crippen LogP contribution in [0.3, 0.4) is 0 Å². The predicted octanol–water partition coefficient (Wildman–Crippen LogP) is 14.4. The van der Waals surface area contributed by atoms with Crippen molar-refractivity contribution in [1.29, 1.82) is 0 Å². The summed E-state index contributed by atoms with van der Waals surface area (Å²) in [6, 6.07) is 79.4. The van der Waals surface area contributed by atoms with E-state index >= 15 is 0 Å². The van der Waals surface area contributed by atoms with Gasteiger partial charge in [-0.2, -0.15) is 0 Å². The zero-order valence-corrected chi connectivity index (χ0v) is 33.6. The Hall–Kier alpha value is -8.41. The number of hydrogen-bond donors (Lipinski definition) is 0. The summed E-state index contributed by atoms with van der Waals surface area (Å²) in [4.78, 5) is 15.0. The maximum Gasteiger partial charge on any atom is 0.164 e. The number of aromatic nitrogens is 5. The topological polar surface area (TPSA) is 48.5 Å². The van der Waals surface area contributed by atoms with E-state index in [9.17, 15) is 0 Å². The van der Waals surface area contributed by atoms with E-state index in [1.807, 2.05) is 60.7 Å². The molecular weight excluding hydrogens is 755 g/mol. The molecule has 0 radical (unpaired) electrons. The summed E-state index contributed by atoms with van der Waals surface area (Å²) in [5.41, 5.74) is 14.3. The van der Waals surface area contributed by atoms with Crippen molar-refractivity contribution in [2.24, 2.45) is 0 Å². The van der Waals surface area contributed by atoms with Crippen LogP contribution in [0.5, 0.6) is 0 Å². The van der Waals surface area contributed by atoms with Crippen LogP contribution in [0, 0.1) is 0 Å². The summed E-state index contributed by atoms with van der Waals surface area (Å²) >= 11 is 0. The van der Waals surface area contributed by atoms with E-state index in [0.29, 0.717) is 17.5 Å². The van der Waals surface area contributed by atoms with Gasteiger partial charge in [-0.15, -0.1) is 0 Å². The second-order valence-corrected chi connectivity index (χ2v) is 15.6. The lowest BCUT2D eigenvalue weighted by Crippen LogP contribution is -2.00. The molecule has 0 fully saturated rings. The molecule has 0 aliphatic heterocycles. The summed E-state index contributed by atoms with van der Waals surface area (Å²) in [6.07, 6.45) is 0. The number of benzene rings is 9. The van der Waals surface area contributed by atoms with Gasteiger partial charge in [0, 0.05) is 49.6 Å². The number of para-hydroxylation sites is 3. The first-order valence-corrected chi connectivity index (χ1v) is 20.9. The van der Waals surface area contributed by atoms with Crippen LogP contribution in [0.15, 0.2) is 224 Å². The molecule has 0 N–H and O–H groups in total. The highest BCUT2D eigenvalue weighted by Crippen LogP contribution is 2.41. The number of rotatable bonds is 7. The third-order valence-corrected chi connectivity index (χ3v) is 12.0. The largest absolute Gasteiger partial charge is 0.309 e. The van der Waals surface area contributed by atoms with Gasteiger partial charge >= 0.3 is 0 Å². The highest BCUT2D eigenvalue weighted by molar-refractivity contribution is 6.16. The van der Waals surface area contributed by atoms with Crippen LogP contribution in [-0.4, -0.2) is 24.1 Å². The SMILES string of the molecule is c1ccc(-c2nc(-c3ccccc3)nc(-c3cccc(-c4ccc5c6ccccc6n(-c6cccc(-c7cccc8c7c7ccccc7n8-c7ccccc7)c6)c5c4)c3)n2)cc1. The smallest absolute Gasteiger partial charge is 0.164 e. The van der Waals surface area contributed by atoms with Gasteiger partial charge in [-0.1, -0.05) is 170 Å². The molecule has 12 aromatic rings. The average Bonchev–Trinajstić information content (AvgIpc) is 3.87. The molecule has 0 saturated carbocycles. The van der Waals surface area contributed by atoms with Gasteiger partial charge in [-0.3, -0.25) is 0 Å². The van der Waals surface area contributed by atoms with Gasteiger partial charge in [0.15, 0.2) is 17.5 Å². The molecule has 0 saturated heterocycles. The molecule has 3 aromatic heterocycles. The maximum atomic E-state index is 5.02. The summed E-state index contributed by atoms with van der Waals surface area (Å²) in [5, 5.41) is 4.91. The maximum absolute atomic E-state index is 5.02. The van der Waals surface area contributed by atoms with Crippen LogP contribution in [0.4, 0.5) is 0 Å². The van der Waals surface area contributed by atoms with Gasteiger partial charge in [0.2, 0.25) is 0 Å². The molecule has 0 atom stereocenters. The Morgan fingerprint density at radius 1 is 0.258 bits per heavy atom. The highest BCUT2D eigenvalue weighted by atomic mass is 15.0. The molecule has 9 aromatic carbocycles. The van der Waals surface area contributed by atoms with Crippen molar-refractivity contribution >= 4 is 43.6 Å². The van der Waals surface area contributed by atoms with Gasteiger partial charge in [0.25, 0.3) is 0 Å². The van der Waals surface area contributed by atoms with E-state index in [2.05, 4.69) is 173 Å². The number of nitrogens with zero attached hydrogens (tertiary/aromatic N) is 5. The lowest BCUT2D eigenvalue weighted by atomic mass is 9.99. The molecule has 5 nitrogen and oxygen atoms in total. The van der Waals surface area contributed by atoms with Crippen molar-refractivity contribution in [1.82, 2.24) is 24.1 Å². The average molecular weight is 792 g/mol. The van der Waals surface area contributed by atoms with E-state index in [0.717, 1.165) is 50.2 Å². The highest BCUT2D eigenvalue weighted by Gasteiger charge is 2.19. The summed E-state index contributed by atoms with van der Waals surface area (Å²) in [7, 11) is 0. The zero-order chi connectivity index (χ0) is 41.0. The van der Waals surface area contributed by atoms with Crippen LogP contribution in [0.2, 0.25) is 0 Å². The van der Waals surface area contributed by atoms with Gasteiger partial charge in [0.05, 0.1) is 22.1 Å². The molecule has 12 rings (SSSR count). The minimum atomic E-state index is 0.633. The van der Waals surface area contributed by atoms with Gasteiger partial charge in [0.1, 0.15) is 0 Å². The van der Waals surface area contributed by atoms with Gasteiger partial charge in [-0.05, 0) is 76.9 Å². The third kappa shape index (κ3) is 5.98. The Balaban J connectivity index is 0.998. The zero-order valence-electron chi connectivity index (χ0n) is 33.6. The van der Waals surface area contributed by atoms with Crippen molar-refractivity contribution in [3.05, 3.63) is 224 Å². The van der Waals surface area contributed by atoms with E-state index < -0.39 is 0 Å². The van der Waals surface area contributed by atoms with Crippen LogP contribution in [0.25, 0.3) is 111 Å². The van der Waals surface area contributed by atoms with Gasteiger partial charge < -0.3 is 9.13 Å². The molecule has 3 heterocycles. The molecule has 0 aliphatic rings. The Bertz CT molecular complexity index is 3570. The third-order valence-electron chi connectivity index (χ3n) is 12.0. The van der Waals surface area contributed by atoms with Crippen LogP contribution in [-0.2, 0) is 0 Å². The van der Waals surface area contributed by atoms with E-state index in [1.165, 1.54) is 43.7 Å². The van der Waals surface area contributed by atoms with Crippen molar-refractivity contribution < 1.29 is 0 Å². The standard InChI is InChI=1S/C57H37N5/c1-4-17-38(18-5-1)55-58-56(39-19-6-2-7-20-39)60-57(59-55)43-23-14-21-40(35-43)41-33-34-48-47-27-10-12-30-50(47)62(53(48)37-41)45-26-15-22-42(36-45)46-29-16-32-52-54(46)49-28-11-13-31-51(49)61(52)44-24-8-3-9-25-44/h1-37H. The second kappa shape index (κ2) is 14.7. The number of fused-ring (bicyclic) bond motifs is 6.